The van der Waals surface area contributed by atoms with Crippen LogP contribution >= 0.6 is 0 Å². The molecule has 104 valence electrons. The van der Waals surface area contributed by atoms with Gasteiger partial charge in [0.15, 0.2) is 5.96 Å². The number of guanidine groups is 1. The van der Waals surface area contributed by atoms with E-state index in [2.05, 4.69) is 28.9 Å². The summed E-state index contributed by atoms with van der Waals surface area (Å²) >= 11 is 0. The fourth-order valence-corrected chi connectivity index (χ4v) is 3.89. The molecule has 0 aromatic rings. The molecule has 18 heavy (non-hydrogen) atoms. The first-order chi connectivity index (χ1) is 8.67. The quantitative estimate of drug-likeness (QED) is 0.487. The van der Waals surface area contributed by atoms with Crippen molar-refractivity contribution >= 4 is 5.96 Å². The van der Waals surface area contributed by atoms with Crippen molar-refractivity contribution in [2.75, 3.05) is 34.2 Å². The summed E-state index contributed by atoms with van der Waals surface area (Å²) < 4.78 is 0. The summed E-state index contributed by atoms with van der Waals surface area (Å²) in [5.41, 5.74) is 0.598. The molecular weight excluding hydrogens is 222 g/mol. The summed E-state index contributed by atoms with van der Waals surface area (Å²) in [6.07, 6.45) is 11.4. The molecule has 0 amide bonds. The molecule has 0 atom stereocenters. The SMILES string of the molecule is CN=C(N(C)C)N1CCCC2(CCCCCC2)C1. The molecule has 1 saturated carbocycles. The monoisotopic (exact) mass is 251 g/mol. The Morgan fingerprint density at radius 2 is 1.61 bits per heavy atom. The normalized spacial score (nSPS) is 25.1. The minimum atomic E-state index is 0.598. The molecule has 0 aromatic carbocycles. The Morgan fingerprint density at radius 1 is 1.00 bits per heavy atom. The number of nitrogens with zero attached hydrogens (tertiary/aromatic N) is 3. The van der Waals surface area contributed by atoms with Crippen molar-refractivity contribution in [2.24, 2.45) is 10.4 Å². The van der Waals surface area contributed by atoms with E-state index in [9.17, 15) is 0 Å². The Hall–Kier alpha value is -0.730. The smallest absolute Gasteiger partial charge is 0.195 e. The zero-order chi connectivity index (χ0) is 13.0. The van der Waals surface area contributed by atoms with Gasteiger partial charge in [0.2, 0.25) is 0 Å². The van der Waals surface area contributed by atoms with E-state index in [1.165, 1.54) is 70.4 Å². The second-order valence-electron chi connectivity index (χ2n) is 6.36. The maximum Gasteiger partial charge on any atom is 0.195 e. The van der Waals surface area contributed by atoms with Gasteiger partial charge in [-0.2, -0.15) is 0 Å². The van der Waals surface area contributed by atoms with Gasteiger partial charge in [-0.05, 0) is 31.1 Å². The maximum atomic E-state index is 4.48. The van der Waals surface area contributed by atoms with Gasteiger partial charge in [-0.25, -0.2) is 0 Å². The van der Waals surface area contributed by atoms with Crippen LogP contribution in [0.5, 0.6) is 0 Å². The van der Waals surface area contributed by atoms with E-state index in [4.69, 9.17) is 0 Å². The lowest BCUT2D eigenvalue weighted by atomic mass is 9.74. The molecule has 1 heterocycles. The lowest BCUT2D eigenvalue weighted by Gasteiger charge is -2.45. The van der Waals surface area contributed by atoms with E-state index in [1.54, 1.807) is 0 Å². The summed E-state index contributed by atoms with van der Waals surface area (Å²) in [4.78, 5) is 9.17. The van der Waals surface area contributed by atoms with E-state index >= 15 is 0 Å². The number of hydrogen-bond donors (Lipinski definition) is 0. The molecule has 1 aliphatic heterocycles. The number of likely N-dealkylation sites (tertiary alicyclic amines) is 1. The molecule has 1 aliphatic carbocycles. The number of rotatable bonds is 0. The Morgan fingerprint density at radius 3 is 2.17 bits per heavy atom. The van der Waals surface area contributed by atoms with Crippen molar-refractivity contribution in [1.29, 1.82) is 0 Å². The first-order valence-electron chi connectivity index (χ1n) is 7.56. The predicted molar refractivity (Wildman–Crippen MR) is 78.0 cm³/mol. The third-order valence-corrected chi connectivity index (χ3v) is 4.71. The van der Waals surface area contributed by atoms with E-state index in [0.717, 1.165) is 0 Å². The highest BCUT2D eigenvalue weighted by molar-refractivity contribution is 5.79. The zero-order valence-corrected chi connectivity index (χ0v) is 12.4. The largest absolute Gasteiger partial charge is 0.349 e. The Balaban J connectivity index is 2.07. The Bertz CT molecular complexity index is 288. The molecule has 0 aromatic heterocycles. The van der Waals surface area contributed by atoms with Crippen LogP contribution in [0.1, 0.15) is 51.4 Å². The molecular formula is C15H29N3. The van der Waals surface area contributed by atoms with Gasteiger partial charge in [0.25, 0.3) is 0 Å². The van der Waals surface area contributed by atoms with Crippen molar-refractivity contribution in [3.63, 3.8) is 0 Å². The summed E-state index contributed by atoms with van der Waals surface area (Å²) in [6.45, 7) is 2.42. The van der Waals surface area contributed by atoms with Gasteiger partial charge in [0.05, 0.1) is 0 Å². The van der Waals surface area contributed by atoms with Crippen molar-refractivity contribution in [1.82, 2.24) is 9.80 Å². The summed E-state index contributed by atoms with van der Waals surface area (Å²) in [6, 6.07) is 0. The molecule has 2 fully saturated rings. The molecule has 1 spiro atoms. The van der Waals surface area contributed by atoms with Crippen molar-refractivity contribution in [2.45, 2.75) is 51.4 Å². The van der Waals surface area contributed by atoms with Crippen LogP contribution in [0.25, 0.3) is 0 Å². The van der Waals surface area contributed by atoms with E-state index in [-0.39, 0.29) is 0 Å². The standard InChI is InChI=1S/C15H29N3/c1-16-14(17(2)3)18-12-8-11-15(13-18)9-6-4-5-7-10-15/h4-13H2,1-3H3. The predicted octanol–water partition coefficient (Wildman–Crippen LogP) is 2.97. The highest BCUT2D eigenvalue weighted by Crippen LogP contribution is 2.42. The van der Waals surface area contributed by atoms with Crippen LogP contribution in [0.4, 0.5) is 0 Å². The number of piperidine rings is 1. The maximum absolute atomic E-state index is 4.48. The minimum absolute atomic E-state index is 0.598. The second-order valence-corrected chi connectivity index (χ2v) is 6.36. The highest BCUT2D eigenvalue weighted by atomic mass is 15.4. The molecule has 0 bridgehead atoms. The molecule has 2 rings (SSSR count). The van der Waals surface area contributed by atoms with Gasteiger partial charge in [-0.1, -0.05) is 25.7 Å². The Kier molecular flexibility index (Phi) is 4.52. The lowest BCUT2D eigenvalue weighted by molar-refractivity contribution is 0.111. The van der Waals surface area contributed by atoms with Crippen LogP contribution < -0.4 is 0 Å². The highest BCUT2D eigenvalue weighted by Gasteiger charge is 2.36. The minimum Gasteiger partial charge on any atom is -0.349 e. The molecule has 3 heteroatoms. The van der Waals surface area contributed by atoms with Crippen molar-refractivity contribution < 1.29 is 0 Å². The topological polar surface area (TPSA) is 18.8 Å². The van der Waals surface area contributed by atoms with Crippen molar-refractivity contribution in [3.8, 4) is 0 Å². The molecule has 2 aliphatic rings. The van der Waals surface area contributed by atoms with E-state index in [0.29, 0.717) is 5.41 Å². The number of hydrogen-bond acceptors (Lipinski definition) is 1. The fraction of sp³-hybridized carbons (Fsp3) is 0.933. The zero-order valence-electron chi connectivity index (χ0n) is 12.4. The lowest BCUT2D eigenvalue weighted by Crippen LogP contribution is -2.50. The molecule has 3 nitrogen and oxygen atoms in total. The van der Waals surface area contributed by atoms with Gasteiger partial charge >= 0.3 is 0 Å². The summed E-state index contributed by atoms with van der Waals surface area (Å²) in [5, 5.41) is 0. The van der Waals surface area contributed by atoms with Crippen LogP contribution in [-0.2, 0) is 0 Å². The van der Waals surface area contributed by atoms with Crippen LogP contribution in [0.15, 0.2) is 4.99 Å². The average Bonchev–Trinajstić information content (AvgIpc) is 2.56. The van der Waals surface area contributed by atoms with Crippen molar-refractivity contribution in [3.05, 3.63) is 0 Å². The van der Waals surface area contributed by atoms with E-state index < -0.39 is 0 Å². The molecule has 1 saturated heterocycles. The van der Waals surface area contributed by atoms with Crippen LogP contribution in [0.2, 0.25) is 0 Å². The third-order valence-electron chi connectivity index (χ3n) is 4.71. The average molecular weight is 251 g/mol. The summed E-state index contributed by atoms with van der Waals surface area (Å²) in [7, 11) is 6.14. The second kappa shape index (κ2) is 5.94. The fourth-order valence-electron chi connectivity index (χ4n) is 3.89. The first-order valence-corrected chi connectivity index (χ1v) is 7.56. The first kappa shape index (κ1) is 13.7. The Labute approximate surface area is 112 Å². The van der Waals surface area contributed by atoms with Crippen LogP contribution in [-0.4, -0.2) is 50.0 Å². The molecule has 0 unspecified atom stereocenters. The van der Waals surface area contributed by atoms with Gasteiger partial charge in [0, 0.05) is 34.2 Å². The third kappa shape index (κ3) is 2.99. The van der Waals surface area contributed by atoms with Crippen LogP contribution in [0, 0.1) is 5.41 Å². The van der Waals surface area contributed by atoms with Gasteiger partial charge in [-0.15, -0.1) is 0 Å². The molecule has 0 N–H and O–H groups in total. The van der Waals surface area contributed by atoms with Gasteiger partial charge in [0.1, 0.15) is 0 Å². The molecule has 0 radical (unpaired) electrons. The van der Waals surface area contributed by atoms with Crippen LogP contribution in [0.3, 0.4) is 0 Å². The van der Waals surface area contributed by atoms with Gasteiger partial charge in [-0.3, -0.25) is 4.99 Å². The van der Waals surface area contributed by atoms with E-state index in [1.807, 2.05) is 7.05 Å². The van der Waals surface area contributed by atoms with Gasteiger partial charge < -0.3 is 9.80 Å². The number of aliphatic imine (C=N–C) groups is 1. The summed E-state index contributed by atoms with van der Waals surface area (Å²) in [5.74, 6) is 1.17.